The lowest BCUT2D eigenvalue weighted by molar-refractivity contribution is -0.126. The second-order valence-corrected chi connectivity index (χ2v) is 4.87. The number of benzene rings is 1. The van der Waals surface area contributed by atoms with Crippen LogP contribution < -0.4 is 10.1 Å². The Bertz CT molecular complexity index is 420. The Morgan fingerprint density at radius 3 is 3.00 bits per heavy atom. The van der Waals surface area contributed by atoms with Gasteiger partial charge >= 0.3 is 0 Å². The molecule has 1 heterocycles. The van der Waals surface area contributed by atoms with Crippen molar-refractivity contribution >= 4 is 5.91 Å². The first-order valence-electron chi connectivity index (χ1n) is 6.42. The molecular weight excluding hydrogens is 230 g/mol. The predicted molar refractivity (Wildman–Crippen MR) is 66.3 cm³/mol. The van der Waals surface area contributed by atoms with Crippen LogP contribution in [0, 0.1) is 5.92 Å². The van der Waals surface area contributed by atoms with Crippen LogP contribution in [0.5, 0.6) is 5.75 Å². The van der Waals surface area contributed by atoms with Gasteiger partial charge in [-0.15, -0.1) is 0 Å². The lowest BCUT2D eigenvalue weighted by Crippen LogP contribution is -2.54. The molecule has 1 amide bonds. The van der Waals surface area contributed by atoms with Gasteiger partial charge < -0.3 is 14.8 Å². The van der Waals surface area contributed by atoms with E-state index in [-0.39, 0.29) is 18.6 Å². The molecule has 1 aliphatic carbocycles. The van der Waals surface area contributed by atoms with Crippen molar-refractivity contribution in [2.75, 3.05) is 13.2 Å². The zero-order valence-corrected chi connectivity index (χ0v) is 10.2. The van der Waals surface area contributed by atoms with E-state index in [2.05, 4.69) is 5.32 Å². The number of hydrogen-bond donors (Lipinski definition) is 1. The number of para-hydroxylation sites is 1. The van der Waals surface area contributed by atoms with Gasteiger partial charge in [-0.05, 0) is 25.0 Å². The molecule has 18 heavy (non-hydrogen) atoms. The largest absolute Gasteiger partial charge is 0.484 e. The molecule has 3 atom stereocenters. The van der Waals surface area contributed by atoms with Crippen LogP contribution >= 0.6 is 0 Å². The molecule has 0 spiro atoms. The van der Waals surface area contributed by atoms with Gasteiger partial charge in [0.05, 0.1) is 6.10 Å². The Kier molecular flexibility index (Phi) is 3.19. The average molecular weight is 247 g/mol. The van der Waals surface area contributed by atoms with Crippen LogP contribution in [0.2, 0.25) is 0 Å². The maximum Gasteiger partial charge on any atom is 0.258 e. The Morgan fingerprint density at radius 1 is 1.39 bits per heavy atom. The van der Waals surface area contributed by atoms with Gasteiger partial charge in [0.25, 0.3) is 5.91 Å². The molecule has 3 rings (SSSR count). The smallest absolute Gasteiger partial charge is 0.258 e. The highest BCUT2D eigenvalue weighted by Crippen LogP contribution is 2.38. The molecule has 2 aliphatic rings. The standard InChI is InChI=1S/C14H17NO3/c16-14(9-18-10-4-2-1-3-5-10)15-12-8-13-11(12)6-7-17-13/h1-5,11-13H,6-9H2,(H,15,16)/t11-,12+,13+/m1/s1. The number of carbonyl (C=O) groups excluding carboxylic acids is 1. The fourth-order valence-electron chi connectivity index (χ4n) is 2.68. The first-order chi connectivity index (χ1) is 8.83. The molecule has 1 aromatic carbocycles. The topological polar surface area (TPSA) is 47.6 Å². The summed E-state index contributed by atoms with van der Waals surface area (Å²) < 4.78 is 10.9. The molecule has 4 nitrogen and oxygen atoms in total. The summed E-state index contributed by atoms with van der Waals surface area (Å²) in [7, 11) is 0. The summed E-state index contributed by atoms with van der Waals surface area (Å²) in [6.07, 6.45) is 2.39. The first kappa shape index (κ1) is 11.5. The van der Waals surface area contributed by atoms with Crippen molar-refractivity contribution in [1.29, 1.82) is 0 Å². The minimum absolute atomic E-state index is 0.0470. The van der Waals surface area contributed by atoms with E-state index in [0.717, 1.165) is 25.2 Å². The Hall–Kier alpha value is -1.55. The molecule has 0 unspecified atom stereocenters. The molecule has 1 saturated carbocycles. The van der Waals surface area contributed by atoms with Crippen molar-refractivity contribution in [2.24, 2.45) is 5.92 Å². The first-order valence-corrected chi connectivity index (χ1v) is 6.42. The minimum Gasteiger partial charge on any atom is -0.484 e. The molecular formula is C14H17NO3. The van der Waals surface area contributed by atoms with Crippen LogP contribution in [0.4, 0.5) is 0 Å². The molecule has 96 valence electrons. The monoisotopic (exact) mass is 247 g/mol. The van der Waals surface area contributed by atoms with Crippen LogP contribution in [0.15, 0.2) is 30.3 Å². The zero-order valence-electron chi connectivity index (χ0n) is 10.2. The number of fused-ring (bicyclic) bond motifs is 1. The van der Waals surface area contributed by atoms with E-state index < -0.39 is 0 Å². The third-order valence-corrected chi connectivity index (χ3v) is 3.72. The highest BCUT2D eigenvalue weighted by molar-refractivity contribution is 5.78. The van der Waals surface area contributed by atoms with E-state index in [1.54, 1.807) is 0 Å². The van der Waals surface area contributed by atoms with E-state index >= 15 is 0 Å². The second kappa shape index (κ2) is 4.98. The van der Waals surface area contributed by atoms with Gasteiger partial charge in [-0.1, -0.05) is 18.2 Å². The average Bonchev–Trinajstić information content (AvgIpc) is 2.76. The quantitative estimate of drug-likeness (QED) is 0.874. The molecule has 1 saturated heterocycles. The molecule has 0 radical (unpaired) electrons. The summed E-state index contributed by atoms with van der Waals surface area (Å²) in [6, 6.07) is 9.67. The van der Waals surface area contributed by atoms with Crippen molar-refractivity contribution in [3.63, 3.8) is 0 Å². The van der Waals surface area contributed by atoms with Gasteiger partial charge in [-0.3, -0.25) is 4.79 Å². The van der Waals surface area contributed by atoms with Gasteiger partial charge in [-0.25, -0.2) is 0 Å². The highest BCUT2D eigenvalue weighted by atomic mass is 16.5. The molecule has 1 aliphatic heterocycles. The van der Waals surface area contributed by atoms with Crippen LogP contribution in [-0.4, -0.2) is 31.3 Å². The molecule has 1 N–H and O–H groups in total. The lowest BCUT2D eigenvalue weighted by Gasteiger charge is -2.39. The van der Waals surface area contributed by atoms with E-state index in [1.807, 2.05) is 30.3 Å². The Morgan fingerprint density at radius 2 is 2.22 bits per heavy atom. The maximum absolute atomic E-state index is 11.7. The summed E-state index contributed by atoms with van der Waals surface area (Å²) in [6.45, 7) is 0.918. The van der Waals surface area contributed by atoms with E-state index in [9.17, 15) is 4.79 Å². The Balaban J connectivity index is 1.43. The third-order valence-electron chi connectivity index (χ3n) is 3.72. The summed E-state index contributed by atoms with van der Waals surface area (Å²) >= 11 is 0. The van der Waals surface area contributed by atoms with E-state index in [0.29, 0.717) is 12.0 Å². The lowest BCUT2D eigenvalue weighted by atomic mass is 9.76. The van der Waals surface area contributed by atoms with E-state index in [1.165, 1.54) is 0 Å². The maximum atomic E-state index is 11.7. The van der Waals surface area contributed by atoms with Crippen LogP contribution in [-0.2, 0) is 9.53 Å². The molecule has 0 aromatic heterocycles. The van der Waals surface area contributed by atoms with E-state index in [4.69, 9.17) is 9.47 Å². The molecule has 4 heteroatoms. The van der Waals surface area contributed by atoms with Crippen molar-refractivity contribution in [3.05, 3.63) is 30.3 Å². The molecule has 0 bridgehead atoms. The summed E-state index contributed by atoms with van der Waals surface area (Å²) in [5.74, 6) is 1.20. The van der Waals surface area contributed by atoms with Crippen molar-refractivity contribution < 1.29 is 14.3 Å². The SMILES string of the molecule is O=C(COc1ccccc1)N[C@H]1C[C@@H]2OCC[C@H]12. The molecule has 1 aromatic rings. The van der Waals surface area contributed by atoms with Crippen molar-refractivity contribution in [1.82, 2.24) is 5.32 Å². The second-order valence-electron chi connectivity index (χ2n) is 4.87. The van der Waals surface area contributed by atoms with Crippen LogP contribution in [0.25, 0.3) is 0 Å². The van der Waals surface area contributed by atoms with Gasteiger partial charge in [0.15, 0.2) is 6.61 Å². The minimum atomic E-state index is -0.0470. The third kappa shape index (κ3) is 2.34. The highest BCUT2D eigenvalue weighted by Gasteiger charge is 2.45. The number of rotatable bonds is 4. The van der Waals surface area contributed by atoms with Crippen molar-refractivity contribution in [2.45, 2.75) is 25.0 Å². The normalized spacial score (nSPS) is 29.2. The fourth-order valence-corrected chi connectivity index (χ4v) is 2.68. The molecule has 2 fully saturated rings. The summed E-state index contributed by atoms with van der Waals surface area (Å²) in [5, 5.41) is 3.01. The van der Waals surface area contributed by atoms with Crippen LogP contribution in [0.1, 0.15) is 12.8 Å². The number of nitrogens with one attached hydrogen (secondary N) is 1. The van der Waals surface area contributed by atoms with Gasteiger partial charge in [-0.2, -0.15) is 0 Å². The fraction of sp³-hybridized carbons (Fsp3) is 0.500. The summed E-state index contributed by atoms with van der Waals surface area (Å²) in [5.41, 5.74) is 0. The van der Waals surface area contributed by atoms with Gasteiger partial charge in [0.1, 0.15) is 5.75 Å². The van der Waals surface area contributed by atoms with Gasteiger partial charge in [0, 0.05) is 18.6 Å². The van der Waals surface area contributed by atoms with Gasteiger partial charge in [0.2, 0.25) is 0 Å². The number of hydrogen-bond acceptors (Lipinski definition) is 3. The number of ether oxygens (including phenoxy) is 2. The number of carbonyl (C=O) groups is 1. The van der Waals surface area contributed by atoms with Crippen molar-refractivity contribution in [3.8, 4) is 5.75 Å². The predicted octanol–water partition coefficient (Wildman–Crippen LogP) is 1.36. The summed E-state index contributed by atoms with van der Waals surface area (Å²) in [4.78, 5) is 11.7. The Labute approximate surface area is 106 Å². The zero-order chi connectivity index (χ0) is 12.4. The number of amides is 1. The van der Waals surface area contributed by atoms with Crippen LogP contribution in [0.3, 0.4) is 0 Å².